The van der Waals surface area contributed by atoms with Gasteiger partial charge in [0.05, 0.1) is 11.4 Å². The van der Waals surface area contributed by atoms with Gasteiger partial charge in [-0.2, -0.15) is 0 Å². The maximum absolute atomic E-state index is 6.77. The topological polar surface area (TPSA) is 38.9 Å². The van der Waals surface area contributed by atoms with E-state index in [1.807, 2.05) is 24.3 Å². The summed E-state index contributed by atoms with van der Waals surface area (Å²) >= 11 is 0. The van der Waals surface area contributed by atoms with E-state index in [1.54, 1.807) is 0 Å². The smallest absolute Gasteiger partial charge is 0.160 e. The van der Waals surface area contributed by atoms with E-state index in [9.17, 15) is 0 Å². The second-order valence-electron chi connectivity index (χ2n) is 13.3. The summed E-state index contributed by atoms with van der Waals surface area (Å²) < 4.78 is 6.77. The van der Waals surface area contributed by atoms with E-state index in [0.717, 1.165) is 61.1 Å². The van der Waals surface area contributed by atoms with Crippen LogP contribution in [0.1, 0.15) is 0 Å². The van der Waals surface area contributed by atoms with Gasteiger partial charge < -0.3 is 4.42 Å². The summed E-state index contributed by atoms with van der Waals surface area (Å²) in [4.78, 5) is 10.3. The fraction of sp³-hybridized carbons (Fsp3) is 0. The molecule has 0 spiro atoms. The quantitative estimate of drug-likeness (QED) is 0.191. The molecule has 2 aromatic heterocycles. The van der Waals surface area contributed by atoms with Crippen LogP contribution in [0.2, 0.25) is 0 Å². The van der Waals surface area contributed by atoms with Gasteiger partial charge in [0.1, 0.15) is 11.2 Å². The van der Waals surface area contributed by atoms with Crippen molar-refractivity contribution in [2.75, 3.05) is 0 Å². The summed E-state index contributed by atoms with van der Waals surface area (Å²) in [5, 5.41) is 7.18. The van der Waals surface area contributed by atoms with Crippen LogP contribution in [0.3, 0.4) is 0 Å². The van der Waals surface area contributed by atoms with Crippen molar-refractivity contribution < 1.29 is 4.42 Å². The first-order valence-electron chi connectivity index (χ1n) is 17.3. The van der Waals surface area contributed by atoms with Crippen molar-refractivity contribution in [1.29, 1.82) is 0 Å². The van der Waals surface area contributed by atoms with Crippen LogP contribution < -0.4 is 0 Å². The predicted molar refractivity (Wildman–Crippen MR) is 210 cm³/mol. The second-order valence-corrected chi connectivity index (χ2v) is 13.3. The molecule has 0 saturated carbocycles. The minimum absolute atomic E-state index is 0.702. The standard InChI is InChI=1S/C48H28N2O/c1-2-12-31(13-3-1)48-49-41(28-42(50-48)35-24-23-29-11-4-5-14-32(29)25-35)34-18-8-17-33(26-34)39-27-40-36-20-9-15-30-16-10-21-38(44(30)36)46(40)47-45(39)37-19-6-7-22-43(37)51-47/h1-28H. The molecule has 3 nitrogen and oxygen atoms in total. The zero-order valence-corrected chi connectivity index (χ0v) is 27.5. The van der Waals surface area contributed by atoms with Gasteiger partial charge >= 0.3 is 0 Å². The lowest BCUT2D eigenvalue weighted by Crippen LogP contribution is -1.96. The van der Waals surface area contributed by atoms with Gasteiger partial charge in [0.15, 0.2) is 5.82 Å². The molecule has 0 bridgehead atoms. The summed E-state index contributed by atoms with van der Waals surface area (Å²) in [5.74, 6) is 0.702. The van der Waals surface area contributed by atoms with Crippen LogP contribution in [0.15, 0.2) is 174 Å². The highest BCUT2D eigenvalue weighted by Crippen LogP contribution is 2.54. The lowest BCUT2D eigenvalue weighted by molar-refractivity contribution is 0.670. The number of hydrogen-bond donors (Lipinski definition) is 0. The Labute approximate surface area is 294 Å². The van der Waals surface area contributed by atoms with E-state index < -0.39 is 0 Å². The summed E-state index contributed by atoms with van der Waals surface area (Å²) in [7, 11) is 0. The third-order valence-electron chi connectivity index (χ3n) is 10.4. The maximum atomic E-state index is 6.77. The number of furan rings is 1. The number of hydrogen-bond acceptors (Lipinski definition) is 3. The molecule has 0 amide bonds. The van der Waals surface area contributed by atoms with Crippen LogP contribution in [-0.4, -0.2) is 9.97 Å². The number of benzene rings is 8. The average Bonchev–Trinajstić information content (AvgIpc) is 3.75. The van der Waals surface area contributed by atoms with E-state index >= 15 is 0 Å². The number of nitrogens with zero attached hydrogens (tertiary/aromatic N) is 2. The van der Waals surface area contributed by atoms with E-state index in [4.69, 9.17) is 14.4 Å². The molecule has 11 rings (SSSR count). The number of aromatic nitrogens is 2. The van der Waals surface area contributed by atoms with Gasteiger partial charge in [-0.15, -0.1) is 0 Å². The molecule has 1 aliphatic rings. The van der Waals surface area contributed by atoms with E-state index in [2.05, 4.69) is 146 Å². The molecule has 51 heavy (non-hydrogen) atoms. The summed E-state index contributed by atoms with van der Waals surface area (Å²) in [5.41, 5.74) is 13.8. The highest BCUT2D eigenvalue weighted by molar-refractivity contribution is 6.26. The van der Waals surface area contributed by atoms with Gasteiger partial charge in [-0.25, -0.2) is 9.97 Å². The van der Waals surface area contributed by atoms with Crippen molar-refractivity contribution in [3.8, 4) is 67.3 Å². The third-order valence-corrected chi connectivity index (χ3v) is 10.4. The van der Waals surface area contributed by atoms with Gasteiger partial charge in [-0.1, -0.05) is 140 Å². The molecule has 0 saturated heterocycles. The Balaban J connectivity index is 1.14. The Hall–Kier alpha value is -6.84. The van der Waals surface area contributed by atoms with Crippen LogP contribution in [-0.2, 0) is 0 Å². The zero-order valence-electron chi connectivity index (χ0n) is 27.5. The minimum Gasteiger partial charge on any atom is -0.455 e. The third kappa shape index (κ3) is 4.32. The first-order valence-corrected chi connectivity index (χ1v) is 17.3. The number of para-hydroxylation sites is 1. The van der Waals surface area contributed by atoms with Crippen LogP contribution in [0, 0.1) is 0 Å². The van der Waals surface area contributed by atoms with Crippen LogP contribution >= 0.6 is 0 Å². The van der Waals surface area contributed by atoms with Crippen LogP contribution in [0.5, 0.6) is 0 Å². The lowest BCUT2D eigenvalue weighted by Gasteiger charge is -2.13. The van der Waals surface area contributed by atoms with Gasteiger partial charge in [0.25, 0.3) is 0 Å². The highest BCUT2D eigenvalue weighted by atomic mass is 16.3. The molecular weight excluding hydrogens is 621 g/mol. The first-order chi connectivity index (χ1) is 25.3. The Kier molecular flexibility index (Phi) is 5.96. The lowest BCUT2D eigenvalue weighted by atomic mass is 9.91. The molecule has 2 heterocycles. The molecule has 0 radical (unpaired) electrons. The maximum Gasteiger partial charge on any atom is 0.160 e. The monoisotopic (exact) mass is 648 g/mol. The molecule has 236 valence electrons. The summed E-state index contributed by atoms with van der Waals surface area (Å²) in [6, 6.07) is 60.1. The van der Waals surface area contributed by atoms with Crippen LogP contribution in [0.25, 0.3) is 111 Å². The molecule has 0 unspecified atom stereocenters. The number of fused-ring (bicyclic) bond motifs is 8. The predicted octanol–water partition coefficient (Wildman–Crippen LogP) is 13.0. The van der Waals surface area contributed by atoms with Gasteiger partial charge in [0, 0.05) is 33.0 Å². The molecule has 0 atom stereocenters. The van der Waals surface area contributed by atoms with Crippen molar-refractivity contribution in [2.45, 2.75) is 0 Å². The molecule has 1 aliphatic carbocycles. The minimum atomic E-state index is 0.702. The molecule has 0 fully saturated rings. The van der Waals surface area contributed by atoms with Crippen molar-refractivity contribution in [2.24, 2.45) is 0 Å². The SMILES string of the molecule is c1ccc(-c2nc(-c3cccc(-c4cc5c(c6oc7ccccc7c46)-c4cccc6cccc-5c46)c3)cc(-c3ccc4ccccc4c3)n2)cc1. The van der Waals surface area contributed by atoms with E-state index in [0.29, 0.717) is 5.82 Å². The normalized spacial score (nSPS) is 11.9. The fourth-order valence-corrected chi connectivity index (χ4v) is 8.04. The molecule has 8 aromatic carbocycles. The molecule has 10 aromatic rings. The molecule has 0 aliphatic heterocycles. The van der Waals surface area contributed by atoms with Crippen molar-refractivity contribution in [1.82, 2.24) is 9.97 Å². The Bertz CT molecular complexity index is 3020. The fourth-order valence-electron chi connectivity index (χ4n) is 8.04. The number of rotatable bonds is 4. The Morgan fingerprint density at radius 2 is 1.04 bits per heavy atom. The van der Waals surface area contributed by atoms with Gasteiger partial charge in [-0.05, 0) is 79.7 Å². The van der Waals surface area contributed by atoms with E-state index in [-0.39, 0.29) is 0 Å². The average molecular weight is 649 g/mol. The summed E-state index contributed by atoms with van der Waals surface area (Å²) in [6.45, 7) is 0. The highest BCUT2D eigenvalue weighted by Gasteiger charge is 2.28. The molecule has 3 heteroatoms. The Morgan fingerprint density at radius 1 is 0.373 bits per heavy atom. The Morgan fingerprint density at radius 3 is 1.90 bits per heavy atom. The molecule has 0 N–H and O–H groups in total. The zero-order chi connectivity index (χ0) is 33.5. The van der Waals surface area contributed by atoms with Crippen molar-refractivity contribution in [3.63, 3.8) is 0 Å². The van der Waals surface area contributed by atoms with Gasteiger partial charge in [-0.3, -0.25) is 0 Å². The molecular formula is C48H28N2O. The van der Waals surface area contributed by atoms with Gasteiger partial charge in [0.2, 0.25) is 0 Å². The largest absolute Gasteiger partial charge is 0.455 e. The summed E-state index contributed by atoms with van der Waals surface area (Å²) in [6.07, 6.45) is 0. The first kappa shape index (κ1) is 28.0. The van der Waals surface area contributed by atoms with Crippen molar-refractivity contribution >= 4 is 43.5 Å². The van der Waals surface area contributed by atoms with Crippen molar-refractivity contribution in [3.05, 3.63) is 170 Å². The van der Waals surface area contributed by atoms with Crippen LogP contribution in [0.4, 0.5) is 0 Å². The second kappa shape index (κ2) is 10.8. The van der Waals surface area contributed by atoms with E-state index in [1.165, 1.54) is 43.8 Å².